The lowest BCUT2D eigenvalue weighted by molar-refractivity contribution is 0.184. The number of benzene rings is 1. The topological polar surface area (TPSA) is 99.2 Å². The standard InChI is InChI=1S/C22H26FN5O2/c1-2-11-24-20-16(10-9-15-5-3-7-18(12-15)27-22(29)30)14-25-21(28-20)26-19-8-4-6-17(23)13-19/h4,6,8,13-15,18,27H,2-3,5,7,11-12H2,1H3,(H,29,30)(H2,24,25,26,28)/t15-,18-/m0/s1. The van der Waals surface area contributed by atoms with E-state index in [2.05, 4.69) is 44.7 Å². The molecule has 2 atom stereocenters. The average molecular weight is 411 g/mol. The van der Waals surface area contributed by atoms with Gasteiger partial charge in [0.05, 0.1) is 11.8 Å². The molecule has 0 aliphatic heterocycles. The molecule has 4 N–H and O–H groups in total. The first kappa shape index (κ1) is 21.4. The van der Waals surface area contributed by atoms with E-state index >= 15 is 0 Å². The van der Waals surface area contributed by atoms with E-state index in [1.165, 1.54) is 12.1 Å². The number of anilines is 3. The van der Waals surface area contributed by atoms with E-state index in [4.69, 9.17) is 5.11 Å². The molecule has 3 rings (SSSR count). The van der Waals surface area contributed by atoms with Gasteiger partial charge in [0.25, 0.3) is 0 Å². The van der Waals surface area contributed by atoms with Crippen LogP contribution in [0.1, 0.15) is 44.6 Å². The first-order chi connectivity index (χ1) is 14.5. The fraction of sp³-hybridized carbons (Fsp3) is 0.409. The molecule has 1 heterocycles. The third kappa shape index (κ3) is 6.34. The Morgan fingerprint density at radius 1 is 1.37 bits per heavy atom. The summed E-state index contributed by atoms with van der Waals surface area (Å²) in [6.45, 7) is 2.79. The largest absolute Gasteiger partial charge is 0.465 e. The Morgan fingerprint density at radius 2 is 2.23 bits per heavy atom. The van der Waals surface area contributed by atoms with E-state index in [9.17, 15) is 9.18 Å². The highest BCUT2D eigenvalue weighted by molar-refractivity contribution is 5.65. The van der Waals surface area contributed by atoms with Crippen LogP contribution in [0, 0.1) is 23.6 Å². The maximum Gasteiger partial charge on any atom is 0.404 e. The Labute approximate surface area is 175 Å². The summed E-state index contributed by atoms with van der Waals surface area (Å²) >= 11 is 0. The molecule has 7 nitrogen and oxygen atoms in total. The smallest absolute Gasteiger partial charge is 0.404 e. The average Bonchev–Trinajstić information content (AvgIpc) is 2.71. The van der Waals surface area contributed by atoms with Crippen LogP contribution in [0.15, 0.2) is 30.5 Å². The zero-order valence-corrected chi connectivity index (χ0v) is 16.9. The van der Waals surface area contributed by atoms with E-state index in [0.717, 1.165) is 32.2 Å². The van der Waals surface area contributed by atoms with Crippen LogP contribution in [0.3, 0.4) is 0 Å². The van der Waals surface area contributed by atoms with Crippen LogP contribution in [0.4, 0.5) is 26.6 Å². The quantitative estimate of drug-likeness (QED) is 0.527. The second-order valence-corrected chi connectivity index (χ2v) is 7.30. The minimum atomic E-state index is -0.991. The molecule has 1 aromatic carbocycles. The predicted octanol–water partition coefficient (Wildman–Crippen LogP) is 4.36. The van der Waals surface area contributed by atoms with Gasteiger partial charge in [-0.25, -0.2) is 14.2 Å². The summed E-state index contributed by atoms with van der Waals surface area (Å²) < 4.78 is 13.4. The van der Waals surface area contributed by atoms with Crippen molar-refractivity contribution in [3.63, 3.8) is 0 Å². The lowest BCUT2D eigenvalue weighted by Gasteiger charge is -2.25. The maximum atomic E-state index is 13.4. The van der Waals surface area contributed by atoms with Crippen molar-refractivity contribution in [3.8, 4) is 11.8 Å². The van der Waals surface area contributed by atoms with Crippen LogP contribution >= 0.6 is 0 Å². The molecule has 0 bridgehead atoms. The second-order valence-electron chi connectivity index (χ2n) is 7.30. The maximum absolute atomic E-state index is 13.4. The molecule has 1 aliphatic carbocycles. The second kappa shape index (κ2) is 10.4. The van der Waals surface area contributed by atoms with Crippen LogP contribution in [0.25, 0.3) is 0 Å². The lowest BCUT2D eigenvalue weighted by Crippen LogP contribution is -2.37. The summed E-state index contributed by atoms with van der Waals surface area (Å²) in [5, 5.41) is 17.8. The minimum Gasteiger partial charge on any atom is -0.465 e. The van der Waals surface area contributed by atoms with Gasteiger partial charge in [0.1, 0.15) is 11.6 Å². The number of nitrogens with one attached hydrogen (secondary N) is 3. The van der Waals surface area contributed by atoms with Gasteiger partial charge in [-0.1, -0.05) is 31.3 Å². The van der Waals surface area contributed by atoms with Gasteiger partial charge in [-0.15, -0.1) is 0 Å². The molecule has 1 saturated carbocycles. The summed E-state index contributed by atoms with van der Waals surface area (Å²) in [7, 11) is 0. The number of nitrogens with zero attached hydrogens (tertiary/aromatic N) is 2. The molecule has 1 fully saturated rings. The van der Waals surface area contributed by atoms with E-state index in [1.54, 1.807) is 18.3 Å². The Balaban J connectivity index is 1.75. The Kier molecular flexibility index (Phi) is 7.44. The van der Waals surface area contributed by atoms with Crippen LogP contribution in [-0.2, 0) is 0 Å². The number of carbonyl (C=O) groups is 1. The van der Waals surface area contributed by atoms with Crippen molar-refractivity contribution < 1.29 is 14.3 Å². The highest BCUT2D eigenvalue weighted by Gasteiger charge is 2.21. The molecule has 30 heavy (non-hydrogen) atoms. The van der Waals surface area contributed by atoms with Gasteiger partial charge in [0, 0.05) is 24.2 Å². The molecule has 0 unspecified atom stereocenters. The molecule has 0 saturated heterocycles. The van der Waals surface area contributed by atoms with E-state index in [1.807, 2.05) is 0 Å². The lowest BCUT2D eigenvalue weighted by atomic mass is 9.86. The van der Waals surface area contributed by atoms with Gasteiger partial charge in [-0.05, 0) is 43.9 Å². The fourth-order valence-corrected chi connectivity index (χ4v) is 3.41. The first-order valence-electron chi connectivity index (χ1n) is 10.2. The van der Waals surface area contributed by atoms with Crippen LogP contribution in [0.2, 0.25) is 0 Å². The number of rotatable bonds is 6. The zero-order valence-electron chi connectivity index (χ0n) is 16.9. The Hall–Kier alpha value is -3.34. The number of halogens is 1. The van der Waals surface area contributed by atoms with E-state index in [0.29, 0.717) is 29.4 Å². The number of amides is 1. The summed E-state index contributed by atoms with van der Waals surface area (Å²) in [6, 6.07) is 6.05. The third-order valence-electron chi connectivity index (χ3n) is 4.82. The Morgan fingerprint density at radius 3 is 3.00 bits per heavy atom. The summed E-state index contributed by atoms with van der Waals surface area (Å²) in [4.78, 5) is 19.7. The van der Waals surface area contributed by atoms with Gasteiger partial charge < -0.3 is 21.1 Å². The van der Waals surface area contributed by atoms with Gasteiger partial charge >= 0.3 is 6.09 Å². The van der Waals surface area contributed by atoms with Gasteiger partial charge in [-0.2, -0.15) is 4.98 Å². The number of hydrogen-bond donors (Lipinski definition) is 4. The monoisotopic (exact) mass is 411 g/mol. The molecular weight excluding hydrogens is 385 g/mol. The SMILES string of the molecule is CCCNc1nc(Nc2cccc(F)c2)ncc1C#C[C@@H]1CCC[C@H](NC(=O)O)C1. The molecule has 0 spiro atoms. The van der Waals surface area contributed by atoms with Gasteiger partial charge in [-0.3, -0.25) is 0 Å². The molecule has 1 amide bonds. The molecule has 1 aromatic heterocycles. The fourth-order valence-electron chi connectivity index (χ4n) is 3.41. The molecule has 2 aromatic rings. The van der Waals surface area contributed by atoms with E-state index < -0.39 is 6.09 Å². The van der Waals surface area contributed by atoms with E-state index in [-0.39, 0.29) is 17.8 Å². The van der Waals surface area contributed by atoms with Crippen molar-refractivity contribution in [2.75, 3.05) is 17.2 Å². The number of carboxylic acid groups (broad SMARTS) is 1. The van der Waals surface area contributed by atoms with Crippen LogP contribution in [-0.4, -0.2) is 33.8 Å². The minimum absolute atomic E-state index is 0.0534. The van der Waals surface area contributed by atoms with Crippen LogP contribution in [0.5, 0.6) is 0 Å². The van der Waals surface area contributed by atoms with Gasteiger partial charge in [0.2, 0.25) is 5.95 Å². The molecule has 1 aliphatic rings. The highest BCUT2D eigenvalue weighted by Crippen LogP contribution is 2.24. The van der Waals surface area contributed by atoms with Crippen molar-refractivity contribution >= 4 is 23.5 Å². The van der Waals surface area contributed by atoms with Crippen LogP contribution < -0.4 is 16.0 Å². The van der Waals surface area contributed by atoms with Crippen molar-refractivity contribution in [3.05, 3.63) is 41.8 Å². The van der Waals surface area contributed by atoms with Crippen molar-refractivity contribution in [2.24, 2.45) is 5.92 Å². The summed E-state index contributed by atoms with van der Waals surface area (Å²) in [5.41, 5.74) is 1.25. The molecule has 0 radical (unpaired) electrons. The predicted molar refractivity (Wildman–Crippen MR) is 114 cm³/mol. The highest BCUT2D eigenvalue weighted by atomic mass is 19.1. The summed E-state index contributed by atoms with van der Waals surface area (Å²) in [6.07, 6.45) is 5.02. The Bertz CT molecular complexity index is 941. The normalized spacial score (nSPS) is 18.1. The molecular formula is C22H26FN5O2. The van der Waals surface area contributed by atoms with Crippen molar-refractivity contribution in [1.29, 1.82) is 0 Å². The third-order valence-corrected chi connectivity index (χ3v) is 4.82. The van der Waals surface area contributed by atoms with Crippen molar-refractivity contribution in [1.82, 2.24) is 15.3 Å². The first-order valence-corrected chi connectivity index (χ1v) is 10.2. The molecule has 158 valence electrons. The zero-order chi connectivity index (χ0) is 21.3. The molecule has 8 heteroatoms. The summed E-state index contributed by atoms with van der Waals surface area (Å²) in [5.74, 6) is 7.19. The number of hydrogen-bond acceptors (Lipinski definition) is 5. The van der Waals surface area contributed by atoms with Gasteiger partial charge in [0.15, 0.2) is 0 Å². The van der Waals surface area contributed by atoms with Crippen molar-refractivity contribution in [2.45, 2.75) is 45.1 Å². The number of aromatic nitrogens is 2.